The predicted molar refractivity (Wildman–Crippen MR) is 65.6 cm³/mol. The summed E-state index contributed by atoms with van der Waals surface area (Å²) in [6, 6.07) is 0. The molecule has 0 atom stereocenters. The molecule has 0 N–H and O–H groups in total. The first kappa shape index (κ1) is 14.7. The zero-order chi connectivity index (χ0) is 10.9. The van der Waals surface area contributed by atoms with E-state index in [2.05, 4.69) is 20.8 Å². The van der Waals surface area contributed by atoms with Gasteiger partial charge in [0.1, 0.15) is 0 Å². The van der Waals surface area contributed by atoms with E-state index in [-0.39, 0.29) is 0 Å². The molecule has 0 amide bonds. The Morgan fingerprint density at radius 2 is 1.00 bits per heavy atom. The molecular weight excluding hydrogens is 369 g/mol. The van der Waals surface area contributed by atoms with Gasteiger partial charge in [-0.3, -0.25) is 0 Å². The van der Waals surface area contributed by atoms with Gasteiger partial charge >= 0.3 is 94.8 Å². The molecule has 86 valence electrons. The van der Waals surface area contributed by atoms with Crippen molar-refractivity contribution < 1.29 is 2.81 Å². The fraction of sp³-hybridized carbons (Fsp3) is 1.00. The summed E-state index contributed by atoms with van der Waals surface area (Å²) in [5, 5.41) is 0. The van der Waals surface area contributed by atoms with Gasteiger partial charge in [0.15, 0.2) is 0 Å². The van der Waals surface area contributed by atoms with E-state index in [4.69, 9.17) is 0 Å². The summed E-state index contributed by atoms with van der Waals surface area (Å²) < 4.78 is 15.9. The average Bonchev–Trinajstić information content (AvgIpc) is 2.21. The van der Waals surface area contributed by atoms with Gasteiger partial charge < -0.3 is 0 Å². The molecule has 0 saturated carbocycles. The third-order valence-electron chi connectivity index (χ3n) is 2.76. The average molecular weight is 396 g/mol. The molecule has 14 heavy (non-hydrogen) atoms. The van der Waals surface area contributed by atoms with Gasteiger partial charge in [0.25, 0.3) is 0 Å². The van der Waals surface area contributed by atoms with Crippen molar-refractivity contribution >= 4 is 20.3 Å². The molecule has 1 nitrogen and oxygen atoms in total. The predicted octanol–water partition coefficient (Wildman–Crippen LogP) is 4.76. The van der Waals surface area contributed by atoms with Gasteiger partial charge in [-0.05, 0) is 0 Å². The summed E-state index contributed by atoms with van der Waals surface area (Å²) in [4.78, 5) is 0. The van der Waals surface area contributed by atoms with Gasteiger partial charge in [-0.1, -0.05) is 0 Å². The Morgan fingerprint density at radius 1 is 0.714 bits per heavy atom. The normalized spacial score (nSPS) is 11.9. The first-order valence-corrected chi connectivity index (χ1v) is 15.0. The van der Waals surface area contributed by atoms with Gasteiger partial charge in [0.2, 0.25) is 0 Å². The quantitative estimate of drug-likeness (QED) is 0.514. The third-order valence-corrected chi connectivity index (χ3v) is 16.0. The van der Waals surface area contributed by atoms with Crippen LogP contribution in [-0.2, 0) is 2.81 Å². The Kier molecular flexibility index (Phi) is 9.39. The molecule has 0 aromatic rings. The molecular formula is C12H27BiO. The van der Waals surface area contributed by atoms with Crippen molar-refractivity contribution in [1.82, 2.24) is 0 Å². The maximum absolute atomic E-state index is 12.6. The van der Waals surface area contributed by atoms with Crippen LogP contribution in [0.1, 0.15) is 59.3 Å². The van der Waals surface area contributed by atoms with Crippen LogP contribution >= 0.6 is 0 Å². The molecule has 0 bridgehead atoms. The second kappa shape index (κ2) is 8.95. The third kappa shape index (κ3) is 7.04. The molecule has 2 heteroatoms. The first-order chi connectivity index (χ1) is 6.68. The van der Waals surface area contributed by atoms with Crippen molar-refractivity contribution in [1.29, 1.82) is 0 Å². The number of hydrogen-bond acceptors (Lipinski definition) is 1. The van der Waals surface area contributed by atoms with Crippen LogP contribution in [0, 0.1) is 0 Å². The van der Waals surface area contributed by atoms with Gasteiger partial charge in [-0.15, -0.1) is 0 Å². The minimum absolute atomic E-state index is 1.11. The summed E-state index contributed by atoms with van der Waals surface area (Å²) in [5.74, 6) is 0. The molecule has 0 aliphatic heterocycles. The second-order valence-corrected chi connectivity index (χ2v) is 17.7. The van der Waals surface area contributed by atoms with Crippen LogP contribution in [0.4, 0.5) is 0 Å². The number of rotatable bonds is 9. The fourth-order valence-corrected chi connectivity index (χ4v) is 14.7. The molecule has 0 aliphatic rings. The molecule has 0 aromatic heterocycles. The van der Waals surface area contributed by atoms with Gasteiger partial charge in [-0.2, -0.15) is 0 Å². The molecule has 0 heterocycles. The zero-order valence-corrected chi connectivity index (χ0v) is 13.7. The van der Waals surface area contributed by atoms with Crippen LogP contribution in [0.25, 0.3) is 0 Å². The van der Waals surface area contributed by atoms with E-state index < -0.39 is 20.3 Å². The fourth-order valence-electron chi connectivity index (χ4n) is 1.67. The van der Waals surface area contributed by atoms with Crippen molar-refractivity contribution in [3.05, 3.63) is 0 Å². The van der Waals surface area contributed by atoms with E-state index in [9.17, 15) is 2.81 Å². The van der Waals surface area contributed by atoms with Crippen molar-refractivity contribution in [3.8, 4) is 0 Å². The molecule has 0 unspecified atom stereocenters. The molecule has 0 aromatic carbocycles. The number of unbranched alkanes of at least 4 members (excludes halogenated alkanes) is 3. The van der Waals surface area contributed by atoms with Crippen LogP contribution < -0.4 is 0 Å². The van der Waals surface area contributed by atoms with Crippen LogP contribution in [0.5, 0.6) is 0 Å². The van der Waals surface area contributed by atoms with E-state index >= 15 is 0 Å². The van der Waals surface area contributed by atoms with E-state index in [0.717, 1.165) is 12.4 Å². The summed E-state index contributed by atoms with van der Waals surface area (Å²) >= 11 is -2.87. The van der Waals surface area contributed by atoms with Gasteiger partial charge in [-0.25, -0.2) is 0 Å². The minimum atomic E-state index is -2.87. The summed E-state index contributed by atoms with van der Waals surface area (Å²) in [6.07, 6.45) is 7.24. The zero-order valence-electron chi connectivity index (χ0n) is 10.2. The van der Waals surface area contributed by atoms with E-state index in [1.165, 1.54) is 38.5 Å². The monoisotopic (exact) mass is 396 g/mol. The second-order valence-electron chi connectivity index (χ2n) is 4.29. The van der Waals surface area contributed by atoms with Gasteiger partial charge in [0, 0.05) is 0 Å². The topological polar surface area (TPSA) is 17.1 Å². The molecule has 0 fully saturated rings. The first-order valence-electron chi connectivity index (χ1n) is 6.25. The standard InChI is InChI=1S/3C4H9.Bi.O/c3*1-3-4-2;;/h3*1,3-4H2,2H3;;. The molecule has 0 saturated heterocycles. The summed E-state index contributed by atoms with van der Waals surface area (Å²) in [6.45, 7) is 6.60. The Morgan fingerprint density at radius 3 is 1.21 bits per heavy atom. The number of hydrogen-bond donors (Lipinski definition) is 0. The summed E-state index contributed by atoms with van der Waals surface area (Å²) in [5.41, 5.74) is 0. The molecule has 0 aliphatic carbocycles. The maximum atomic E-state index is 12.6. The van der Waals surface area contributed by atoms with Crippen molar-refractivity contribution in [2.24, 2.45) is 0 Å². The molecule has 0 spiro atoms. The SMILES string of the molecule is CCC[CH2][Bi](=[O])([CH2]CCC)[CH2]CCC. The van der Waals surface area contributed by atoms with E-state index in [1.807, 2.05) is 0 Å². The van der Waals surface area contributed by atoms with E-state index in [1.54, 1.807) is 0 Å². The van der Waals surface area contributed by atoms with Crippen molar-refractivity contribution in [2.75, 3.05) is 0 Å². The Balaban J connectivity index is 3.97. The Bertz CT molecular complexity index is 137. The van der Waals surface area contributed by atoms with E-state index in [0.29, 0.717) is 0 Å². The van der Waals surface area contributed by atoms with Crippen LogP contribution in [0.15, 0.2) is 0 Å². The summed E-state index contributed by atoms with van der Waals surface area (Å²) in [7, 11) is 0. The molecule has 0 rings (SSSR count). The molecule has 0 radical (unpaired) electrons. The van der Waals surface area contributed by atoms with Crippen molar-refractivity contribution in [3.63, 3.8) is 0 Å². The van der Waals surface area contributed by atoms with Crippen LogP contribution in [0.2, 0.25) is 12.4 Å². The van der Waals surface area contributed by atoms with Crippen molar-refractivity contribution in [2.45, 2.75) is 71.7 Å². The Hall–Kier alpha value is 0.683. The van der Waals surface area contributed by atoms with Gasteiger partial charge in [0.05, 0.1) is 0 Å². The van der Waals surface area contributed by atoms with Crippen LogP contribution in [-0.4, -0.2) is 20.3 Å². The van der Waals surface area contributed by atoms with Crippen LogP contribution in [0.3, 0.4) is 0 Å². The Labute approximate surface area is 94.5 Å².